The monoisotopic (exact) mass is 215 g/mol. The maximum Gasteiger partial charge on any atom is 0.305 e. The van der Waals surface area contributed by atoms with Crippen LogP contribution in [0.1, 0.15) is 40.5 Å². The standard InChI is InChI=1S/C11H21NO3/c1-7(2)5-10(13)12-9(8(3)4)6-11(14)15/h7-9H,5-6H2,1-4H3,(H,12,13)(H,14,15). The number of carboxylic acids is 1. The zero-order valence-corrected chi connectivity index (χ0v) is 9.91. The highest BCUT2D eigenvalue weighted by molar-refractivity contribution is 5.77. The Kier molecular flexibility index (Phi) is 5.97. The summed E-state index contributed by atoms with van der Waals surface area (Å²) in [5, 5.41) is 11.4. The average molecular weight is 215 g/mol. The van der Waals surface area contributed by atoms with Crippen LogP contribution in [0.5, 0.6) is 0 Å². The van der Waals surface area contributed by atoms with Gasteiger partial charge in [0, 0.05) is 12.5 Å². The Labute approximate surface area is 91.1 Å². The molecule has 0 saturated heterocycles. The van der Waals surface area contributed by atoms with E-state index >= 15 is 0 Å². The van der Waals surface area contributed by atoms with Crippen LogP contribution in [0.4, 0.5) is 0 Å². The number of carbonyl (C=O) groups excluding carboxylic acids is 1. The first-order valence-corrected chi connectivity index (χ1v) is 5.34. The van der Waals surface area contributed by atoms with Crippen molar-refractivity contribution in [1.29, 1.82) is 0 Å². The van der Waals surface area contributed by atoms with Crippen molar-refractivity contribution in [1.82, 2.24) is 5.32 Å². The van der Waals surface area contributed by atoms with Crippen LogP contribution < -0.4 is 5.32 Å². The van der Waals surface area contributed by atoms with Gasteiger partial charge in [0.15, 0.2) is 0 Å². The van der Waals surface area contributed by atoms with E-state index in [1.165, 1.54) is 0 Å². The molecule has 0 aliphatic heterocycles. The van der Waals surface area contributed by atoms with E-state index in [4.69, 9.17) is 5.11 Å². The molecule has 1 amide bonds. The third kappa shape index (κ3) is 6.94. The number of rotatable bonds is 6. The van der Waals surface area contributed by atoms with E-state index in [0.29, 0.717) is 12.3 Å². The molecule has 0 spiro atoms. The first-order chi connectivity index (χ1) is 6.82. The molecule has 0 aromatic carbocycles. The van der Waals surface area contributed by atoms with E-state index in [-0.39, 0.29) is 24.3 Å². The summed E-state index contributed by atoms with van der Waals surface area (Å²) in [6.45, 7) is 7.73. The molecule has 4 heteroatoms. The van der Waals surface area contributed by atoms with Gasteiger partial charge in [-0.05, 0) is 11.8 Å². The zero-order chi connectivity index (χ0) is 12.0. The maximum absolute atomic E-state index is 11.4. The van der Waals surface area contributed by atoms with Crippen molar-refractivity contribution >= 4 is 11.9 Å². The Hall–Kier alpha value is -1.06. The van der Waals surface area contributed by atoms with Gasteiger partial charge < -0.3 is 10.4 Å². The summed E-state index contributed by atoms with van der Waals surface area (Å²) >= 11 is 0. The smallest absolute Gasteiger partial charge is 0.305 e. The van der Waals surface area contributed by atoms with Gasteiger partial charge in [-0.25, -0.2) is 0 Å². The van der Waals surface area contributed by atoms with Crippen LogP contribution >= 0.6 is 0 Å². The lowest BCUT2D eigenvalue weighted by molar-refractivity contribution is -0.138. The first kappa shape index (κ1) is 13.9. The van der Waals surface area contributed by atoms with Crippen molar-refractivity contribution in [3.63, 3.8) is 0 Å². The Morgan fingerprint density at radius 3 is 2.00 bits per heavy atom. The minimum atomic E-state index is -0.876. The zero-order valence-electron chi connectivity index (χ0n) is 9.91. The number of carbonyl (C=O) groups is 2. The molecule has 0 fully saturated rings. The molecule has 1 atom stereocenters. The number of amides is 1. The van der Waals surface area contributed by atoms with Gasteiger partial charge in [0.25, 0.3) is 0 Å². The Balaban J connectivity index is 4.16. The molecule has 0 aromatic heterocycles. The van der Waals surface area contributed by atoms with E-state index in [1.54, 1.807) is 0 Å². The van der Waals surface area contributed by atoms with Crippen molar-refractivity contribution in [3.05, 3.63) is 0 Å². The van der Waals surface area contributed by atoms with Crippen LogP contribution in [0, 0.1) is 11.8 Å². The van der Waals surface area contributed by atoms with Crippen molar-refractivity contribution < 1.29 is 14.7 Å². The molecule has 2 N–H and O–H groups in total. The molecule has 0 aliphatic carbocycles. The molecule has 1 unspecified atom stereocenters. The van der Waals surface area contributed by atoms with Crippen LogP contribution in [-0.2, 0) is 9.59 Å². The molecular weight excluding hydrogens is 194 g/mol. The van der Waals surface area contributed by atoms with Crippen molar-refractivity contribution in [2.45, 2.75) is 46.6 Å². The highest BCUT2D eigenvalue weighted by Crippen LogP contribution is 2.07. The third-order valence-electron chi connectivity index (χ3n) is 2.14. The second kappa shape index (κ2) is 6.43. The lowest BCUT2D eigenvalue weighted by Gasteiger charge is -2.21. The topological polar surface area (TPSA) is 66.4 Å². The summed E-state index contributed by atoms with van der Waals surface area (Å²) < 4.78 is 0. The van der Waals surface area contributed by atoms with Crippen molar-refractivity contribution in [2.75, 3.05) is 0 Å². The Morgan fingerprint density at radius 1 is 1.13 bits per heavy atom. The fraction of sp³-hybridized carbons (Fsp3) is 0.818. The summed E-state index contributed by atoms with van der Waals surface area (Å²) in [5.41, 5.74) is 0. The fourth-order valence-corrected chi connectivity index (χ4v) is 1.28. The second-order valence-electron chi connectivity index (χ2n) is 4.61. The van der Waals surface area contributed by atoms with E-state index in [9.17, 15) is 9.59 Å². The molecule has 0 aliphatic rings. The Morgan fingerprint density at radius 2 is 1.67 bits per heavy atom. The van der Waals surface area contributed by atoms with Gasteiger partial charge in [-0.3, -0.25) is 9.59 Å². The molecule has 0 aromatic rings. The molecule has 4 nitrogen and oxygen atoms in total. The largest absolute Gasteiger partial charge is 0.481 e. The van der Waals surface area contributed by atoms with Gasteiger partial charge in [0.05, 0.1) is 6.42 Å². The summed E-state index contributed by atoms with van der Waals surface area (Å²) in [7, 11) is 0. The predicted octanol–water partition coefficient (Wildman–Crippen LogP) is 1.65. The molecule has 0 saturated carbocycles. The van der Waals surface area contributed by atoms with Crippen molar-refractivity contribution in [3.8, 4) is 0 Å². The highest BCUT2D eigenvalue weighted by atomic mass is 16.4. The lowest BCUT2D eigenvalue weighted by atomic mass is 10.0. The number of hydrogen-bond donors (Lipinski definition) is 2. The summed E-state index contributed by atoms with van der Waals surface area (Å²) in [6.07, 6.45) is 0.435. The third-order valence-corrected chi connectivity index (χ3v) is 2.14. The fourth-order valence-electron chi connectivity index (χ4n) is 1.28. The predicted molar refractivity (Wildman–Crippen MR) is 58.5 cm³/mol. The molecule has 0 heterocycles. The van der Waals surface area contributed by atoms with Gasteiger partial charge in [-0.2, -0.15) is 0 Å². The highest BCUT2D eigenvalue weighted by Gasteiger charge is 2.19. The normalized spacial score (nSPS) is 12.9. The minimum Gasteiger partial charge on any atom is -0.481 e. The summed E-state index contributed by atoms with van der Waals surface area (Å²) in [5.74, 6) is -0.511. The van der Waals surface area contributed by atoms with Crippen LogP contribution in [-0.4, -0.2) is 23.0 Å². The van der Waals surface area contributed by atoms with Gasteiger partial charge in [0.2, 0.25) is 5.91 Å². The second-order valence-corrected chi connectivity index (χ2v) is 4.61. The van der Waals surface area contributed by atoms with E-state index < -0.39 is 5.97 Å². The van der Waals surface area contributed by atoms with E-state index in [2.05, 4.69) is 5.32 Å². The van der Waals surface area contributed by atoms with Crippen LogP contribution in [0.15, 0.2) is 0 Å². The summed E-state index contributed by atoms with van der Waals surface area (Å²) in [6, 6.07) is -0.270. The van der Waals surface area contributed by atoms with E-state index in [1.807, 2.05) is 27.7 Å². The van der Waals surface area contributed by atoms with Crippen LogP contribution in [0.25, 0.3) is 0 Å². The van der Waals surface area contributed by atoms with Crippen molar-refractivity contribution in [2.24, 2.45) is 11.8 Å². The SMILES string of the molecule is CC(C)CC(=O)NC(CC(=O)O)C(C)C. The van der Waals surface area contributed by atoms with Gasteiger partial charge in [-0.1, -0.05) is 27.7 Å². The van der Waals surface area contributed by atoms with E-state index in [0.717, 1.165) is 0 Å². The summed E-state index contributed by atoms with van der Waals surface area (Å²) in [4.78, 5) is 22.0. The first-order valence-electron chi connectivity index (χ1n) is 5.34. The molecular formula is C11H21NO3. The lowest BCUT2D eigenvalue weighted by Crippen LogP contribution is -2.40. The van der Waals surface area contributed by atoms with Crippen LogP contribution in [0.3, 0.4) is 0 Å². The molecule has 88 valence electrons. The van der Waals surface area contributed by atoms with Gasteiger partial charge >= 0.3 is 5.97 Å². The van der Waals surface area contributed by atoms with Gasteiger partial charge in [-0.15, -0.1) is 0 Å². The quantitative estimate of drug-likeness (QED) is 0.708. The molecule has 0 bridgehead atoms. The van der Waals surface area contributed by atoms with Gasteiger partial charge in [0.1, 0.15) is 0 Å². The molecule has 0 rings (SSSR count). The number of hydrogen-bond acceptors (Lipinski definition) is 2. The number of aliphatic carboxylic acids is 1. The number of nitrogens with one attached hydrogen (secondary N) is 1. The average Bonchev–Trinajstić information content (AvgIpc) is 1.99. The molecule has 0 radical (unpaired) electrons. The Bertz CT molecular complexity index is 224. The minimum absolute atomic E-state index is 0.0124. The molecule has 15 heavy (non-hydrogen) atoms. The maximum atomic E-state index is 11.4. The van der Waals surface area contributed by atoms with Crippen LogP contribution in [0.2, 0.25) is 0 Å². The number of carboxylic acid groups (broad SMARTS) is 1.